The lowest BCUT2D eigenvalue weighted by atomic mass is 9.96. The molecule has 2 rings (SSSR count). The average molecular weight is 261 g/mol. The quantitative estimate of drug-likeness (QED) is 0.814. The van der Waals surface area contributed by atoms with Crippen molar-refractivity contribution in [3.63, 3.8) is 0 Å². The number of hydrogen-bond donors (Lipinski definition) is 1. The van der Waals surface area contributed by atoms with Gasteiger partial charge in [0.2, 0.25) is 5.91 Å². The Kier molecular flexibility index (Phi) is 3.28. The predicted octanol–water partition coefficient (Wildman–Crippen LogP) is 2.44. The number of amides is 1. The molecule has 98 valence electrons. The van der Waals surface area contributed by atoms with Crippen LogP contribution in [0.3, 0.4) is 0 Å². The van der Waals surface area contributed by atoms with E-state index in [0.29, 0.717) is 5.56 Å². The van der Waals surface area contributed by atoms with Crippen molar-refractivity contribution in [3.8, 4) is 0 Å². The van der Waals surface area contributed by atoms with Crippen molar-refractivity contribution in [2.45, 2.75) is 25.1 Å². The summed E-state index contributed by atoms with van der Waals surface area (Å²) in [5.41, 5.74) is 0.652. The summed E-state index contributed by atoms with van der Waals surface area (Å²) < 4.78 is 50.0. The molecule has 1 amide bonds. The Hall–Kier alpha value is -1.59. The Morgan fingerprint density at radius 3 is 2.33 bits per heavy atom. The van der Waals surface area contributed by atoms with Gasteiger partial charge in [0, 0.05) is 5.92 Å². The zero-order chi connectivity index (χ0) is 13.3. The van der Waals surface area contributed by atoms with Gasteiger partial charge >= 0.3 is 6.18 Å². The summed E-state index contributed by atoms with van der Waals surface area (Å²) in [5, 5.41) is 1.94. The van der Waals surface area contributed by atoms with E-state index >= 15 is 0 Å². The fraction of sp³-hybridized carbons (Fsp3) is 0.417. The Balaban J connectivity index is 2.03. The Morgan fingerprint density at radius 1 is 1.22 bits per heavy atom. The fourth-order valence-electron chi connectivity index (χ4n) is 2.04. The van der Waals surface area contributed by atoms with Crippen molar-refractivity contribution in [1.82, 2.24) is 5.32 Å². The third kappa shape index (κ3) is 2.80. The summed E-state index contributed by atoms with van der Waals surface area (Å²) in [7, 11) is 0. The van der Waals surface area contributed by atoms with Crippen molar-refractivity contribution < 1.29 is 22.4 Å². The zero-order valence-electron chi connectivity index (χ0n) is 9.30. The zero-order valence-corrected chi connectivity index (χ0v) is 9.30. The smallest absolute Gasteiger partial charge is 0.344 e. The number of hydrogen-bond acceptors (Lipinski definition) is 1. The van der Waals surface area contributed by atoms with Gasteiger partial charge in [0.15, 0.2) is 0 Å². The molecule has 1 fully saturated rings. The third-order valence-electron chi connectivity index (χ3n) is 3.00. The SMILES string of the molecule is O=C1NC(C(F)(F)F)CC1Cc1ccc(F)cc1. The van der Waals surface area contributed by atoms with Crippen LogP contribution < -0.4 is 5.32 Å². The second-order valence-corrected chi connectivity index (χ2v) is 4.37. The normalized spacial score (nSPS) is 24.1. The minimum atomic E-state index is -4.41. The Labute approximate surface area is 101 Å². The first-order valence-electron chi connectivity index (χ1n) is 5.48. The highest BCUT2D eigenvalue weighted by atomic mass is 19.4. The van der Waals surface area contributed by atoms with E-state index in [0.717, 1.165) is 0 Å². The van der Waals surface area contributed by atoms with Crippen LogP contribution in [0.5, 0.6) is 0 Å². The number of rotatable bonds is 2. The van der Waals surface area contributed by atoms with Crippen LogP contribution >= 0.6 is 0 Å². The molecule has 0 bridgehead atoms. The molecule has 18 heavy (non-hydrogen) atoms. The van der Waals surface area contributed by atoms with E-state index in [1.165, 1.54) is 24.3 Å². The van der Waals surface area contributed by atoms with Gasteiger partial charge in [-0.05, 0) is 30.5 Å². The van der Waals surface area contributed by atoms with E-state index in [1.807, 2.05) is 5.32 Å². The standard InChI is InChI=1S/C12H11F4NO/c13-9-3-1-7(2-4-9)5-8-6-10(12(14,15)16)17-11(8)18/h1-4,8,10H,5-6H2,(H,17,18). The van der Waals surface area contributed by atoms with Crippen molar-refractivity contribution in [2.75, 3.05) is 0 Å². The molecule has 0 radical (unpaired) electrons. The summed E-state index contributed by atoms with van der Waals surface area (Å²) in [5.74, 6) is -1.72. The molecule has 0 spiro atoms. The Bertz CT molecular complexity index is 440. The van der Waals surface area contributed by atoms with Gasteiger partial charge in [-0.15, -0.1) is 0 Å². The fourth-order valence-corrected chi connectivity index (χ4v) is 2.04. The number of alkyl halides is 3. The van der Waals surface area contributed by atoms with Gasteiger partial charge in [-0.25, -0.2) is 4.39 Å². The number of carbonyl (C=O) groups excluding carboxylic acids is 1. The van der Waals surface area contributed by atoms with Gasteiger partial charge in [-0.1, -0.05) is 12.1 Å². The van der Waals surface area contributed by atoms with Gasteiger partial charge in [0.1, 0.15) is 11.9 Å². The minimum absolute atomic E-state index is 0.193. The predicted molar refractivity (Wildman–Crippen MR) is 56.2 cm³/mol. The molecular weight excluding hydrogens is 250 g/mol. The minimum Gasteiger partial charge on any atom is -0.344 e. The second kappa shape index (κ2) is 4.59. The molecule has 2 nitrogen and oxygen atoms in total. The van der Waals surface area contributed by atoms with E-state index in [4.69, 9.17) is 0 Å². The van der Waals surface area contributed by atoms with Crippen molar-refractivity contribution in [2.24, 2.45) is 5.92 Å². The molecule has 6 heteroatoms. The van der Waals surface area contributed by atoms with Crippen molar-refractivity contribution in [3.05, 3.63) is 35.6 Å². The molecule has 1 aliphatic rings. The van der Waals surface area contributed by atoms with Gasteiger partial charge in [0.25, 0.3) is 0 Å². The largest absolute Gasteiger partial charge is 0.408 e. The second-order valence-electron chi connectivity index (χ2n) is 4.37. The van der Waals surface area contributed by atoms with Gasteiger partial charge < -0.3 is 5.32 Å². The van der Waals surface area contributed by atoms with Crippen LogP contribution in [-0.2, 0) is 11.2 Å². The molecule has 1 N–H and O–H groups in total. The average Bonchev–Trinajstić information content (AvgIpc) is 2.63. The summed E-state index contributed by atoms with van der Waals surface area (Å²) in [6.45, 7) is 0. The molecule has 2 unspecified atom stereocenters. The molecule has 1 aromatic carbocycles. The maximum Gasteiger partial charge on any atom is 0.408 e. The van der Waals surface area contributed by atoms with Crippen LogP contribution in [0.2, 0.25) is 0 Å². The topological polar surface area (TPSA) is 29.1 Å². The molecular formula is C12H11F4NO. The molecule has 1 saturated heterocycles. The molecule has 2 atom stereocenters. The van der Waals surface area contributed by atoms with Crippen LogP contribution in [-0.4, -0.2) is 18.1 Å². The highest BCUT2D eigenvalue weighted by Crippen LogP contribution is 2.31. The number of halogens is 4. The maximum atomic E-state index is 12.7. The van der Waals surface area contributed by atoms with E-state index in [-0.39, 0.29) is 12.8 Å². The highest BCUT2D eigenvalue weighted by Gasteiger charge is 2.47. The van der Waals surface area contributed by atoms with Crippen LogP contribution in [0.25, 0.3) is 0 Å². The molecule has 1 aromatic rings. The maximum absolute atomic E-state index is 12.7. The molecule has 1 heterocycles. The highest BCUT2D eigenvalue weighted by molar-refractivity contribution is 5.81. The van der Waals surface area contributed by atoms with Crippen LogP contribution in [0, 0.1) is 11.7 Å². The molecule has 0 aliphatic carbocycles. The number of benzene rings is 1. The summed E-state index contributed by atoms with van der Waals surface area (Å²) in [6, 6.07) is 3.63. The molecule has 0 aromatic heterocycles. The first-order valence-corrected chi connectivity index (χ1v) is 5.48. The van der Waals surface area contributed by atoms with Gasteiger partial charge in [-0.2, -0.15) is 13.2 Å². The lowest BCUT2D eigenvalue weighted by Gasteiger charge is -2.13. The Morgan fingerprint density at radius 2 is 1.83 bits per heavy atom. The third-order valence-corrected chi connectivity index (χ3v) is 3.00. The van der Waals surface area contributed by atoms with E-state index < -0.39 is 29.9 Å². The summed E-state index contributed by atoms with van der Waals surface area (Å²) in [4.78, 5) is 11.4. The molecule has 0 saturated carbocycles. The van der Waals surface area contributed by atoms with Crippen LogP contribution in [0.15, 0.2) is 24.3 Å². The summed E-state index contributed by atoms with van der Waals surface area (Å²) in [6.07, 6.45) is -4.48. The van der Waals surface area contributed by atoms with E-state index in [9.17, 15) is 22.4 Å². The van der Waals surface area contributed by atoms with Crippen LogP contribution in [0.4, 0.5) is 17.6 Å². The lowest BCUT2D eigenvalue weighted by Crippen LogP contribution is -2.38. The summed E-state index contributed by atoms with van der Waals surface area (Å²) >= 11 is 0. The van der Waals surface area contributed by atoms with Crippen LogP contribution in [0.1, 0.15) is 12.0 Å². The van der Waals surface area contributed by atoms with Gasteiger partial charge in [0.05, 0.1) is 0 Å². The first-order chi connectivity index (χ1) is 8.36. The van der Waals surface area contributed by atoms with Crippen molar-refractivity contribution in [1.29, 1.82) is 0 Å². The first kappa shape index (κ1) is 12.9. The lowest BCUT2D eigenvalue weighted by molar-refractivity contribution is -0.154. The number of carbonyl (C=O) groups is 1. The van der Waals surface area contributed by atoms with E-state index in [2.05, 4.69) is 0 Å². The van der Waals surface area contributed by atoms with Crippen molar-refractivity contribution >= 4 is 5.91 Å². The van der Waals surface area contributed by atoms with E-state index in [1.54, 1.807) is 0 Å². The van der Waals surface area contributed by atoms with Gasteiger partial charge in [-0.3, -0.25) is 4.79 Å². The number of nitrogens with one attached hydrogen (secondary N) is 1. The molecule has 1 aliphatic heterocycles. The monoisotopic (exact) mass is 261 g/mol.